The molecule has 0 amide bonds. The van der Waals surface area contributed by atoms with Gasteiger partial charge in [-0.25, -0.2) is 13.4 Å². The average Bonchev–Trinajstić information content (AvgIpc) is 2.99. The van der Waals surface area contributed by atoms with Gasteiger partial charge in [0.05, 0.1) is 17.7 Å². The number of sulfonamides is 1. The number of aromatic nitrogens is 1. The van der Waals surface area contributed by atoms with Crippen LogP contribution in [0, 0.1) is 0 Å². The molecule has 3 rings (SSSR count). The van der Waals surface area contributed by atoms with Crippen molar-refractivity contribution in [3.63, 3.8) is 0 Å². The Kier molecular flexibility index (Phi) is 3.39. The normalized spacial score (nSPS) is 14.1. The number of fused-ring (bicyclic) bond motifs is 1. The van der Waals surface area contributed by atoms with E-state index >= 15 is 0 Å². The first-order valence-corrected chi connectivity index (χ1v) is 8.54. The minimum Gasteiger partial charge on any atom is -0.497 e. The molecule has 1 heterocycles. The number of hydrogen-bond donors (Lipinski definition) is 1. The highest BCUT2D eigenvalue weighted by molar-refractivity contribution is 7.93. The van der Waals surface area contributed by atoms with Crippen molar-refractivity contribution in [2.24, 2.45) is 0 Å². The zero-order valence-corrected chi connectivity index (χ0v) is 12.6. The van der Waals surface area contributed by atoms with E-state index in [2.05, 4.69) is 9.71 Å². The lowest BCUT2D eigenvalue weighted by Gasteiger charge is -2.06. The average molecular weight is 310 g/mol. The molecule has 1 aliphatic carbocycles. The number of hydrogen-bond acceptors (Lipinski definition) is 5. The molecule has 0 atom stereocenters. The molecule has 0 bridgehead atoms. The third kappa shape index (κ3) is 2.51. The fourth-order valence-electron chi connectivity index (χ4n) is 2.16. The lowest BCUT2D eigenvalue weighted by Crippen LogP contribution is -2.12. The highest BCUT2D eigenvalue weighted by atomic mass is 32.2. The Morgan fingerprint density at radius 1 is 1.25 bits per heavy atom. The summed E-state index contributed by atoms with van der Waals surface area (Å²) in [6, 6.07) is 6.28. The van der Waals surface area contributed by atoms with Crippen LogP contribution in [-0.2, 0) is 22.9 Å². The molecule has 0 spiro atoms. The SMILES string of the molecule is COc1ccc(S(=O)(=O)Nc2nc3c(s2)CCC3)cc1. The summed E-state index contributed by atoms with van der Waals surface area (Å²) < 4.78 is 32.0. The molecule has 1 aromatic heterocycles. The molecule has 1 N–H and O–H groups in total. The fourth-order valence-corrected chi connectivity index (χ4v) is 4.45. The molecule has 5 nitrogen and oxygen atoms in total. The molecule has 0 saturated heterocycles. The summed E-state index contributed by atoms with van der Waals surface area (Å²) in [4.78, 5) is 5.73. The fraction of sp³-hybridized carbons (Fsp3) is 0.308. The molecule has 1 aromatic carbocycles. The third-order valence-electron chi connectivity index (χ3n) is 3.19. The largest absolute Gasteiger partial charge is 0.497 e. The molecule has 0 radical (unpaired) electrons. The van der Waals surface area contributed by atoms with E-state index in [0.717, 1.165) is 25.0 Å². The maximum absolute atomic E-state index is 12.2. The van der Waals surface area contributed by atoms with Gasteiger partial charge < -0.3 is 4.74 Å². The number of thiazole rings is 1. The van der Waals surface area contributed by atoms with Crippen molar-refractivity contribution < 1.29 is 13.2 Å². The van der Waals surface area contributed by atoms with E-state index in [4.69, 9.17) is 4.74 Å². The summed E-state index contributed by atoms with van der Waals surface area (Å²) in [6.07, 6.45) is 3.05. The van der Waals surface area contributed by atoms with Crippen LogP contribution in [0.5, 0.6) is 5.75 Å². The zero-order valence-electron chi connectivity index (χ0n) is 10.9. The van der Waals surface area contributed by atoms with Crippen molar-refractivity contribution in [2.75, 3.05) is 11.8 Å². The van der Waals surface area contributed by atoms with E-state index in [0.29, 0.717) is 10.9 Å². The summed E-state index contributed by atoms with van der Waals surface area (Å²) in [6.45, 7) is 0. The van der Waals surface area contributed by atoms with E-state index < -0.39 is 10.0 Å². The maximum atomic E-state index is 12.2. The predicted molar refractivity (Wildman–Crippen MR) is 77.9 cm³/mol. The van der Waals surface area contributed by atoms with Crippen molar-refractivity contribution in [2.45, 2.75) is 24.2 Å². The van der Waals surface area contributed by atoms with E-state index in [1.165, 1.54) is 28.3 Å². The van der Waals surface area contributed by atoms with E-state index in [-0.39, 0.29) is 4.90 Å². The van der Waals surface area contributed by atoms with E-state index in [1.807, 2.05) is 0 Å². The van der Waals surface area contributed by atoms with Gasteiger partial charge in [0.1, 0.15) is 5.75 Å². The number of ether oxygens (including phenoxy) is 1. The molecule has 0 unspecified atom stereocenters. The van der Waals surface area contributed by atoms with Gasteiger partial charge in [-0.05, 0) is 43.5 Å². The second kappa shape index (κ2) is 5.06. The molecule has 106 valence electrons. The Morgan fingerprint density at radius 3 is 2.65 bits per heavy atom. The number of aryl methyl sites for hydroxylation is 2. The predicted octanol–water partition coefficient (Wildman–Crippen LogP) is 2.44. The second-order valence-electron chi connectivity index (χ2n) is 4.52. The van der Waals surface area contributed by atoms with Gasteiger partial charge in [0.25, 0.3) is 10.0 Å². The standard InChI is InChI=1S/C13H14N2O3S2/c1-18-9-5-7-10(8-6-9)20(16,17)15-13-14-11-3-2-4-12(11)19-13/h5-8H,2-4H2,1H3,(H,14,15). The molecule has 2 aromatic rings. The quantitative estimate of drug-likeness (QED) is 0.942. The topological polar surface area (TPSA) is 68.3 Å². The number of rotatable bonds is 4. The highest BCUT2D eigenvalue weighted by Gasteiger charge is 2.21. The van der Waals surface area contributed by atoms with Crippen LogP contribution in [0.3, 0.4) is 0 Å². The minimum atomic E-state index is -3.58. The Bertz CT molecular complexity index is 699. The molecule has 20 heavy (non-hydrogen) atoms. The molecule has 1 aliphatic rings. The minimum absolute atomic E-state index is 0.202. The maximum Gasteiger partial charge on any atom is 0.263 e. The van der Waals surface area contributed by atoms with Crippen LogP contribution in [0.25, 0.3) is 0 Å². The molecule has 0 fully saturated rings. The smallest absolute Gasteiger partial charge is 0.263 e. The van der Waals surface area contributed by atoms with Gasteiger partial charge in [-0.1, -0.05) is 0 Å². The highest BCUT2D eigenvalue weighted by Crippen LogP contribution is 2.31. The first-order valence-electron chi connectivity index (χ1n) is 6.24. The summed E-state index contributed by atoms with van der Waals surface area (Å²) in [5.74, 6) is 0.622. The number of methoxy groups -OCH3 is 1. The van der Waals surface area contributed by atoms with Gasteiger partial charge in [0.15, 0.2) is 5.13 Å². The Balaban J connectivity index is 1.83. The third-order valence-corrected chi connectivity index (χ3v) is 5.74. The van der Waals surface area contributed by atoms with Crippen molar-refractivity contribution >= 4 is 26.5 Å². The monoisotopic (exact) mass is 310 g/mol. The van der Waals surface area contributed by atoms with Crippen LogP contribution in [-0.4, -0.2) is 20.5 Å². The van der Waals surface area contributed by atoms with Crippen LogP contribution in [0.2, 0.25) is 0 Å². The van der Waals surface area contributed by atoms with Crippen molar-refractivity contribution in [1.82, 2.24) is 4.98 Å². The van der Waals surface area contributed by atoms with Gasteiger partial charge in [0, 0.05) is 4.88 Å². The number of anilines is 1. The summed E-state index contributed by atoms with van der Waals surface area (Å²) in [7, 11) is -2.04. The van der Waals surface area contributed by atoms with Crippen LogP contribution < -0.4 is 9.46 Å². The molecular formula is C13H14N2O3S2. The Labute approximate surface area is 121 Å². The molecule has 7 heteroatoms. The van der Waals surface area contributed by atoms with Gasteiger partial charge in [-0.15, -0.1) is 11.3 Å². The summed E-state index contributed by atoms with van der Waals surface area (Å²) in [5.41, 5.74) is 1.03. The number of nitrogens with zero attached hydrogens (tertiary/aromatic N) is 1. The van der Waals surface area contributed by atoms with Gasteiger partial charge >= 0.3 is 0 Å². The van der Waals surface area contributed by atoms with Gasteiger partial charge in [-0.3, -0.25) is 4.72 Å². The van der Waals surface area contributed by atoms with E-state index in [1.54, 1.807) is 19.2 Å². The van der Waals surface area contributed by atoms with Crippen molar-refractivity contribution in [1.29, 1.82) is 0 Å². The van der Waals surface area contributed by atoms with Crippen LogP contribution >= 0.6 is 11.3 Å². The Morgan fingerprint density at radius 2 is 2.00 bits per heavy atom. The number of nitrogens with one attached hydrogen (secondary N) is 1. The molecule has 0 aliphatic heterocycles. The van der Waals surface area contributed by atoms with Crippen LogP contribution in [0.1, 0.15) is 17.0 Å². The summed E-state index contributed by atoms with van der Waals surface area (Å²) in [5, 5.41) is 0.450. The van der Waals surface area contributed by atoms with Crippen molar-refractivity contribution in [3.8, 4) is 5.75 Å². The molecular weight excluding hydrogens is 296 g/mol. The Hall–Kier alpha value is -1.60. The van der Waals surface area contributed by atoms with Crippen molar-refractivity contribution in [3.05, 3.63) is 34.8 Å². The van der Waals surface area contributed by atoms with Gasteiger partial charge in [-0.2, -0.15) is 0 Å². The zero-order chi connectivity index (χ0) is 14.2. The van der Waals surface area contributed by atoms with E-state index in [9.17, 15) is 8.42 Å². The lowest BCUT2D eigenvalue weighted by atomic mass is 10.3. The first kappa shape index (κ1) is 13.4. The second-order valence-corrected chi connectivity index (χ2v) is 7.29. The van der Waals surface area contributed by atoms with Crippen LogP contribution in [0.15, 0.2) is 29.2 Å². The molecule has 0 saturated carbocycles. The number of benzene rings is 1. The lowest BCUT2D eigenvalue weighted by molar-refractivity contribution is 0.414. The first-order chi connectivity index (χ1) is 9.58. The van der Waals surface area contributed by atoms with Gasteiger partial charge in [0.2, 0.25) is 0 Å². The van der Waals surface area contributed by atoms with Crippen LogP contribution in [0.4, 0.5) is 5.13 Å². The summed E-state index contributed by atoms with van der Waals surface area (Å²) >= 11 is 1.43.